The summed E-state index contributed by atoms with van der Waals surface area (Å²) in [5.41, 5.74) is 2.24. The zero-order valence-corrected chi connectivity index (χ0v) is 13.1. The summed E-state index contributed by atoms with van der Waals surface area (Å²) in [5.74, 6) is 0.242. The summed E-state index contributed by atoms with van der Waals surface area (Å²) in [6.45, 7) is 2.64. The predicted molar refractivity (Wildman–Crippen MR) is 91.4 cm³/mol. The quantitative estimate of drug-likeness (QED) is 0.721. The van der Waals surface area contributed by atoms with Gasteiger partial charge in [-0.25, -0.2) is 14.5 Å². The Hall–Kier alpha value is -3.08. The molecule has 0 N–H and O–H groups in total. The Morgan fingerprint density at radius 1 is 1.00 bits per heavy atom. The SMILES string of the molecule is Cc1cccc(-c2c(N3CCOC3=O)oc(=O)c3ccccc23)c1. The van der Waals surface area contributed by atoms with Gasteiger partial charge in [-0.1, -0.05) is 48.0 Å². The van der Waals surface area contributed by atoms with Gasteiger partial charge in [-0.05, 0) is 18.6 Å². The monoisotopic (exact) mass is 321 g/mol. The third-order valence-corrected chi connectivity index (χ3v) is 4.13. The molecule has 1 amide bonds. The predicted octanol–water partition coefficient (Wildman–Crippen LogP) is 3.73. The van der Waals surface area contributed by atoms with Gasteiger partial charge in [0.1, 0.15) is 6.61 Å². The molecule has 5 nitrogen and oxygen atoms in total. The van der Waals surface area contributed by atoms with Crippen LogP contribution in [0.3, 0.4) is 0 Å². The smallest absolute Gasteiger partial charge is 0.416 e. The highest BCUT2D eigenvalue weighted by atomic mass is 16.6. The van der Waals surface area contributed by atoms with E-state index in [2.05, 4.69) is 0 Å². The van der Waals surface area contributed by atoms with E-state index >= 15 is 0 Å². The Morgan fingerprint density at radius 3 is 2.50 bits per heavy atom. The van der Waals surface area contributed by atoms with Crippen LogP contribution in [0.25, 0.3) is 21.9 Å². The van der Waals surface area contributed by atoms with Crippen molar-refractivity contribution in [3.8, 4) is 11.1 Å². The number of fused-ring (bicyclic) bond motifs is 1. The zero-order valence-electron chi connectivity index (χ0n) is 13.1. The van der Waals surface area contributed by atoms with Gasteiger partial charge >= 0.3 is 11.7 Å². The van der Waals surface area contributed by atoms with E-state index in [9.17, 15) is 9.59 Å². The van der Waals surface area contributed by atoms with Gasteiger partial charge in [0, 0.05) is 5.39 Å². The maximum atomic E-state index is 12.4. The van der Waals surface area contributed by atoms with Crippen LogP contribution in [0.1, 0.15) is 5.56 Å². The minimum absolute atomic E-state index is 0.242. The van der Waals surface area contributed by atoms with Crippen molar-refractivity contribution < 1.29 is 13.9 Å². The molecule has 0 bridgehead atoms. The van der Waals surface area contributed by atoms with Gasteiger partial charge in [-0.15, -0.1) is 0 Å². The second-order valence-electron chi connectivity index (χ2n) is 5.75. The molecule has 120 valence electrons. The number of cyclic esters (lactones) is 1. The Kier molecular flexibility index (Phi) is 3.34. The molecule has 24 heavy (non-hydrogen) atoms. The first-order valence-electron chi connectivity index (χ1n) is 7.72. The van der Waals surface area contributed by atoms with E-state index in [1.807, 2.05) is 43.3 Å². The van der Waals surface area contributed by atoms with E-state index in [1.165, 1.54) is 4.90 Å². The van der Waals surface area contributed by atoms with Crippen molar-refractivity contribution >= 4 is 22.7 Å². The first-order valence-corrected chi connectivity index (χ1v) is 7.72. The molecule has 1 aromatic heterocycles. The van der Waals surface area contributed by atoms with Gasteiger partial charge in [0.2, 0.25) is 5.88 Å². The van der Waals surface area contributed by atoms with Gasteiger partial charge in [-0.3, -0.25) is 0 Å². The molecule has 0 aliphatic carbocycles. The summed E-state index contributed by atoms with van der Waals surface area (Å²) in [7, 11) is 0. The number of rotatable bonds is 2. The summed E-state index contributed by atoms with van der Waals surface area (Å²) < 4.78 is 10.6. The van der Waals surface area contributed by atoms with E-state index in [0.29, 0.717) is 11.9 Å². The minimum Gasteiger partial charge on any atom is -0.447 e. The number of nitrogens with zero attached hydrogens (tertiary/aromatic N) is 1. The lowest BCUT2D eigenvalue weighted by atomic mass is 9.98. The molecule has 0 atom stereocenters. The average Bonchev–Trinajstić information content (AvgIpc) is 3.01. The van der Waals surface area contributed by atoms with Crippen LogP contribution < -0.4 is 10.5 Å². The molecule has 0 spiro atoms. The number of carbonyl (C=O) groups excluding carboxylic acids is 1. The topological polar surface area (TPSA) is 59.8 Å². The molecule has 1 aliphatic rings. The first-order chi connectivity index (χ1) is 11.6. The van der Waals surface area contributed by atoms with Crippen molar-refractivity contribution in [2.75, 3.05) is 18.1 Å². The van der Waals surface area contributed by atoms with Gasteiger partial charge in [0.25, 0.3) is 0 Å². The first kappa shape index (κ1) is 14.5. The van der Waals surface area contributed by atoms with Crippen LogP contribution in [0.5, 0.6) is 0 Å². The number of ether oxygens (including phenoxy) is 1. The van der Waals surface area contributed by atoms with Crippen molar-refractivity contribution in [1.82, 2.24) is 0 Å². The van der Waals surface area contributed by atoms with Crippen molar-refractivity contribution in [1.29, 1.82) is 0 Å². The molecule has 2 aromatic carbocycles. The van der Waals surface area contributed by atoms with E-state index in [4.69, 9.17) is 9.15 Å². The molecule has 2 heterocycles. The standard InChI is InChI=1S/C19H15NO4/c1-12-5-4-6-13(11-12)16-14-7-2-3-8-15(14)18(21)24-17(16)20-9-10-23-19(20)22/h2-8,11H,9-10H2,1H3. The van der Waals surface area contributed by atoms with E-state index in [-0.39, 0.29) is 12.5 Å². The molecular formula is C19H15NO4. The molecule has 0 radical (unpaired) electrons. The molecule has 3 aromatic rings. The van der Waals surface area contributed by atoms with Gasteiger partial charge < -0.3 is 9.15 Å². The largest absolute Gasteiger partial charge is 0.447 e. The maximum absolute atomic E-state index is 12.4. The lowest BCUT2D eigenvalue weighted by Crippen LogP contribution is -2.25. The van der Waals surface area contributed by atoms with Crippen molar-refractivity contribution in [2.45, 2.75) is 6.92 Å². The Bertz CT molecular complexity index is 1010. The van der Waals surface area contributed by atoms with Crippen LogP contribution in [0.4, 0.5) is 10.7 Å². The van der Waals surface area contributed by atoms with E-state index in [1.54, 1.807) is 12.1 Å². The number of carbonyl (C=O) groups is 1. The summed E-state index contributed by atoms with van der Waals surface area (Å²) >= 11 is 0. The normalized spacial score (nSPS) is 14.2. The molecule has 1 fully saturated rings. The number of hydrogen-bond acceptors (Lipinski definition) is 4. The number of amides is 1. The van der Waals surface area contributed by atoms with Gasteiger partial charge in [-0.2, -0.15) is 0 Å². The van der Waals surface area contributed by atoms with Crippen molar-refractivity contribution in [3.05, 3.63) is 64.5 Å². The average molecular weight is 321 g/mol. The second kappa shape index (κ2) is 5.53. The summed E-state index contributed by atoms with van der Waals surface area (Å²) in [6.07, 6.45) is -0.498. The van der Waals surface area contributed by atoms with Crippen molar-refractivity contribution in [2.24, 2.45) is 0 Å². The van der Waals surface area contributed by atoms with Crippen molar-refractivity contribution in [3.63, 3.8) is 0 Å². The summed E-state index contributed by atoms with van der Waals surface area (Å²) in [4.78, 5) is 25.8. The maximum Gasteiger partial charge on any atom is 0.416 e. The number of anilines is 1. The lowest BCUT2D eigenvalue weighted by Gasteiger charge is -2.17. The van der Waals surface area contributed by atoms with Crippen LogP contribution in [0, 0.1) is 6.92 Å². The number of hydrogen-bond donors (Lipinski definition) is 0. The fourth-order valence-corrected chi connectivity index (χ4v) is 3.04. The highest BCUT2D eigenvalue weighted by Crippen LogP contribution is 2.37. The second-order valence-corrected chi connectivity index (χ2v) is 5.75. The molecule has 0 saturated carbocycles. The van der Waals surface area contributed by atoms with E-state index in [0.717, 1.165) is 22.1 Å². The van der Waals surface area contributed by atoms with Crippen LogP contribution in [-0.4, -0.2) is 19.2 Å². The van der Waals surface area contributed by atoms with Gasteiger partial charge in [0.05, 0.1) is 17.5 Å². The van der Waals surface area contributed by atoms with Gasteiger partial charge in [0.15, 0.2) is 0 Å². The highest BCUT2D eigenvalue weighted by molar-refractivity contribution is 6.04. The fraction of sp³-hybridized carbons (Fsp3) is 0.158. The van der Waals surface area contributed by atoms with Crippen LogP contribution in [-0.2, 0) is 4.74 Å². The zero-order chi connectivity index (χ0) is 16.7. The molecule has 5 heteroatoms. The third-order valence-electron chi connectivity index (χ3n) is 4.13. The number of aryl methyl sites for hydroxylation is 1. The Morgan fingerprint density at radius 2 is 1.79 bits per heavy atom. The minimum atomic E-state index is -0.498. The highest BCUT2D eigenvalue weighted by Gasteiger charge is 2.30. The molecular weight excluding hydrogens is 306 g/mol. The Balaban J connectivity index is 2.09. The fourth-order valence-electron chi connectivity index (χ4n) is 3.04. The van der Waals surface area contributed by atoms with Crippen LogP contribution >= 0.6 is 0 Å². The summed E-state index contributed by atoms with van der Waals surface area (Å²) in [5, 5.41) is 1.25. The van der Waals surface area contributed by atoms with E-state index < -0.39 is 11.7 Å². The molecule has 4 rings (SSSR count). The van der Waals surface area contributed by atoms with Crippen LogP contribution in [0.15, 0.2) is 57.7 Å². The number of benzene rings is 2. The molecule has 0 unspecified atom stereocenters. The third kappa shape index (κ3) is 2.25. The lowest BCUT2D eigenvalue weighted by molar-refractivity contribution is 0.180. The molecule has 1 saturated heterocycles. The Labute approximate surface area is 138 Å². The molecule has 1 aliphatic heterocycles. The van der Waals surface area contributed by atoms with Crippen LogP contribution in [0.2, 0.25) is 0 Å². The summed E-state index contributed by atoms with van der Waals surface area (Å²) in [6, 6.07) is 15.1.